The van der Waals surface area contributed by atoms with Crippen molar-refractivity contribution in [2.24, 2.45) is 0 Å². The van der Waals surface area contributed by atoms with Crippen LogP contribution in [0.3, 0.4) is 0 Å². The standard InChI is InChI=1S/C16H17ClN2O/c1-18-14(8-11-6-7-19-10-13(11)17)16-9-12-4-2-3-5-15(12)20-16/h2-7,10,14,16,18H,8-9H2,1H3. The van der Waals surface area contributed by atoms with Gasteiger partial charge in [0.2, 0.25) is 0 Å². The van der Waals surface area contributed by atoms with E-state index in [1.807, 2.05) is 25.2 Å². The highest BCUT2D eigenvalue weighted by Crippen LogP contribution is 2.30. The molecule has 0 saturated carbocycles. The van der Waals surface area contributed by atoms with E-state index < -0.39 is 0 Å². The Balaban J connectivity index is 1.74. The summed E-state index contributed by atoms with van der Waals surface area (Å²) < 4.78 is 6.05. The predicted molar refractivity (Wildman–Crippen MR) is 80.4 cm³/mol. The van der Waals surface area contributed by atoms with E-state index in [2.05, 4.69) is 22.4 Å². The van der Waals surface area contributed by atoms with Gasteiger partial charge in [0, 0.05) is 24.9 Å². The number of nitrogens with zero attached hydrogens (tertiary/aromatic N) is 1. The van der Waals surface area contributed by atoms with Crippen molar-refractivity contribution < 1.29 is 4.74 Å². The van der Waals surface area contributed by atoms with Crippen molar-refractivity contribution in [3.8, 4) is 5.75 Å². The monoisotopic (exact) mass is 288 g/mol. The number of benzene rings is 1. The van der Waals surface area contributed by atoms with Gasteiger partial charge < -0.3 is 10.1 Å². The molecule has 20 heavy (non-hydrogen) atoms. The summed E-state index contributed by atoms with van der Waals surface area (Å²) in [6, 6.07) is 10.4. The van der Waals surface area contributed by atoms with E-state index in [4.69, 9.17) is 16.3 Å². The quantitative estimate of drug-likeness (QED) is 0.939. The van der Waals surface area contributed by atoms with Crippen molar-refractivity contribution in [3.63, 3.8) is 0 Å². The zero-order valence-electron chi connectivity index (χ0n) is 11.3. The number of ether oxygens (including phenoxy) is 1. The molecular weight excluding hydrogens is 272 g/mol. The van der Waals surface area contributed by atoms with Gasteiger partial charge in [-0.1, -0.05) is 29.8 Å². The number of pyridine rings is 1. The molecule has 3 nitrogen and oxygen atoms in total. The van der Waals surface area contributed by atoms with Crippen LogP contribution in [0.4, 0.5) is 0 Å². The summed E-state index contributed by atoms with van der Waals surface area (Å²) in [4.78, 5) is 4.02. The molecule has 1 aromatic heterocycles. The van der Waals surface area contributed by atoms with Gasteiger partial charge in [-0.2, -0.15) is 0 Å². The number of nitrogens with one attached hydrogen (secondary N) is 1. The Kier molecular flexibility index (Phi) is 3.90. The largest absolute Gasteiger partial charge is 0.488 e. The highest BCUT2D eigenvalue weighted by molar-refractivity contribution is 6.31. The second-order valence-electron chi connectivity index (χ2n) is 5.03. The molecule has 1 aliphatic rings. The predicted octanol–water partition coefficient (Wildman–Crippen LogP) is 2.87. The second kappa shape index (κ2) is 5.81. The van der Waals surface area contributed by atoms with E-state index in [0.717, 1.165) is 24.2 Å². The van der Waals surface area contributed by atoms with Crippen LogP contribution in [0.2, 0.25) is 5.02 Å². The summed E-state index contributed by atoms with van der Waals surface area (Å²) in [7, 11) is 1.96. The molecule has 2 aromatic rings. The van der Waals surface area contributed by atoms with Crippen LogP contribution in [-0.2, 0) is 12.8 Å². The van der Waals surface area contributed by atoms with Gasteiger partial charge in [-0.05, 0) is 36.7 Å². The minimum absolute atomic E-state index is 0.140. The molecule has 2 heterocycles. The number of likely N-dealkylation sites (N-methyl/N-ethyl adjacent to an activating group) is 1. The summed E-state index contributed by atoms with van der Waals surface area (Å²) in [6.45, 7) is 0. The lowest BCUT2D eigenvalue weighted by molar-refractivity contribution is 0.182. The van der Waals surface area contributed by atoms with E-state index in [9.17, 15) is 0 Å². The molecule has 1 aliphatic heterocycles. The summed E-state index contributed by atoms with van der Waals surface area (Å²) in [5, 5.41) is 4.06. The van der Waals surface area contributed by atoms with Crippen LogP contribution in [0.25, 0.3) is 0 Å². The third-order valence-corrected chi connectivity index (χ3v) is 4.13. The Bertz CT molecular complexity index is 578. The maximum atomic E-state index is 6.19. The fraction of sp³-hybridized carbons (Fsp3) is 0.312. The molecule has 2 atom stereocenters. The van der Waals surface area contributed by atoms with Gasteiger partial charge in [-0.3, -0.25) is 4.98 Å². The Morgan fingerprint density at radius 1 is 1.40 bits per heavy atom. The zero-order valence-corrected chi connectivity index (χ0v) is 12.1. The van der Waals surface area contributed by atoms with E-state index in [1.54, 1.807) is 12.4 Å². The average Bonchev–Trinajstić information content (AvgIpc) is 2.90. The average molecular weight is 289 g/mol. The first-order chi connectivity index (χ1) is 9.78. The molecule has 1 aromatic carbocycles. The first-order valence-corrected chi connectivity index (χ1v) is 7.16. The lowest BCUT2D eigenvalue weighted by Gasteiger charge is -2.23. The Labute approximate surface area is 123 Å². The SMILES string of the molecule is CNC(Cc1ccncc1Cl)C1Cc2ccccc2O1. The second-order valence-corrected chi connectivity index (χ2v) is 5.44. The fourth-order valence-corrected chi connectivity index (χ4v) is 2.86. The zero-order chi connectivity index (χ0) is 13.9. The minimum Gasteiger partial charge on any atom is -0.488 e. The number of para-hydroxylation sites is 1. The lowest BCUT2D eigenvalue weighted by Crippen LogP contribution is -2.42. The van der Waals surface area contributed by atoms with Crippen molar-refractivity contribution >= 4 is 11.6 Å². The summed E-state index contributed by atoms with van der Waals surface area (Å²) in [5.41, 5.74) is 2.37. The molecule has 3 rings (SSSR count). The van der Waals surface area contributed by atoms with Gasteiger partial charge >= 0.3 is 0 Å². The normalized spacial score (nSPS) is 18.4. The smallest absolute Gasteiger partial charge is 0.123 e. The summed E-state index contributed by atoms with van der Waals surface area (Å²) >= 11 is 6.19. The van der Waals surface area contributed by atoms with Crippen molar-refractivity contribution in [2.45, 2.75) is 25.0 Å². The van der Waals surface area contributed by atoms with Crippen molar-refractivity contribution in [3.05, 3.63) is 58.9 Å². The van der Waals surface area contributed by atoms with Crippen LogP contribution in [0.5, 0.6) is 5.75 Å². The number of halogens is 1. The Hall–Kier alpha value is -1.58. The highest BCUT2D eigenvalue weighted by atomic mass is 35.5. The van der Waals surface area contributed by atoms with Crippen LogP contribution < -0.4 is 10.1 Å². The number of fused-ring (bicyclic) bond motifs is 1. The minimum atomic E-state index is 0.140. The number of hydrogen-bond acceptors (Lipinski definition) is 3. The third-order valence-electron chi connectivity index (χ3n) is 3.79. The van der Waals surface area contributed by atoms with Gasteiger partial charge in [-0.15, -0.1) is 0 Å². The molecule has 104 valence electrons. The molecule has 4 heteroatoms. The number of aromatic nitrogens is 1. The third kappa shape index (κ3) is 2.65. The molecule has 0 amide bonds. The number of hydrogen-bond donors (Lipinski definition) is 1. The van der Waals surface area contributed by atoms with Crippen LogP contribution in [0.1, 0.15) is 11.1 Å². The van der Waals surface area contributed by atoms with Gasteiger partial charge in [0.25, 0.3) is 0 Å². The number of rotatable bonds is 4. The molecule has 0 saturated heterocycles. The van der Waals surface area contributed by atoms with Gasteiger partial charge in [0.15, 0.2) is 0 Å². The van der Waals surface area contributed by atoms with Crippen LogP contribution in [0, 0.1) is 0 Å². The summed E-state index contributed by atoms with van der Waals surface area (Å²) in [5.74, 6) is 0.999. The van der Waals surface area contributed by atoms with Crippen molar-refractivity contribution in [2.75, 3.05) is 7.05 Å². The molecule has 0 bridgehead atoms. The Morgan fingerprint density at radius 3 is 3.00 bits per heavy atom. The summed E-state index contributed by atoms with van der Waals surface area (Å²) in [6.07, 6.45) is 5.37. The maximum Gasteiger partial charge on any atom is 0.123 e. The van der Waals surface area contributed by atoms with Crippen LogP contribution in [-0.4, -0.2) is 24.2 Å². The molecule has 0 spiro atoms. The lowest BCUT2D eigenvalue weighted by atomic mass is 9.98. The molecule has 0 aliphatic carbocycles. The van der Waals surface area contributed by atoms with Crippen LogP contribution in [0.15, 0.2) is 42.7 Å². The molecule has 0 fully saturated rings. The molecule has 0 radical (unpaired) electrons. The molecule has 2 unspecified atom stereocenters. The van der Waals surface area contributed by atoms with E-state index >= 15 is 0 Å². The van der Waals surface area contributed by atoms with Crippen molar-refractivity contribution in [1.82, 2.24) is 10.3 Å². The topological polar surface area (TPSA) is 34.2 Å². The molecule has 1 N–H and O–H groups in total. The Morgan fingerprint density at radius 2 is 2.25 bits per heavy atom. The highest BCUT2D eigenvalue weighted by Gasteiger charge is 2.29. The van der Waals surface area contributed by atoms with Gasteiger partial charge in [0.05, 0.1) is 5.02 Å². The first kappa shape index (κ1) is 13.4. The van der Waals surface area contributed by atoms with E-state index in [1.165, 1.54) is 5.56 Å². The van der Waals surface area contributed by atoms with Gasteiger partial charge in [-0.25, -0.2) is 0 Å². The van der Waals surface area contributed by atoms with Crippen molar-refractivity contribution in [1.29, 1.82) is 0 Å². The van der Waals surface area contributed by atoms with Gasteiger partial charge in [0.1, 0.15) is 11.9 Å². The van der Waals surface area contributed by atoms with E-state index in [0.29, 0.717) is 5.02 Å². The van der Waals surface area contributed by atoms with E-state index in [-0.39, 0.29) is 12.1 Å². The van der Waals surface area contributed by atoms with Crippen LogP contribution >= 0.6 is 11.6 Å². The molecular formula is C16H17ClN2O. The fourth-order valence-electron chi connectivity index (χ4n) is 2.66. The maximum absolute atomic E-state index is 6.19. The first-order valence-electron chi connectivity index (χ1n) is 6.78.